The molecule has 0 heterocycles. The zero-order valence-electron chi connectivity index (χ0n) is 9.51. The molecule has 0 fully saturated rings. The number of hydrogen-bond acceptors (Lipinski definition) is 1. The van der Waals surface area contributed by atoms with Crippen LogP contribution in [0.5, 0.6) is 0 Å². The number of amides is 1. The Bertz CT molecular complexity index is 412. The second-order valence-corrected chi connectivity index (χ2v) is 4.34. The molecule has 0 aliphatic rings. The van der Waals surface area contributed by atoms with Crippen LogP contribution < -0.4 is 4.90 Å². The van der Waals surface area contributed by atoms with Gasteiger partial charge in [-0.05, 0) is 0 Å². The van der Waals surface area contributed by atoms with E-state index >= 15 is 0 Å². The normalized spacial score (nSPS) is 10.4. The Morgan fingerprint density at radius 2 is 2.12 bits per heavy atom. The van der Waals surface area contributed by atoms with Gasteiger partial charge < -0.3 is 0 Å². The van der Waals surface area contributed by atoms with Gasteiger partial charge in [-0.1, -0.05) is 0 Å². The molecule has 3 heteroatoms. The second kappa shape index (κ2) is 6.54. The van der Waals surface area contributed by atoms with E-state index in [0.717, 1.165) is 11.3 Å². The Labute approximate surface area is 107 Å². The summed E-state index contributed by atoms with van der Waals surface area (Å²) in [5.74, 6) is 0.131. The Hall–Kier alpha value is -1.01. The zero-order chi connectivity index (χ0) is 12.0. The number of nitrogens with zero attached hydrogens (tertiary/aromatic N) is 1. The first-order chi connectivity index (χ1) is 7.70. The number of benzene rings is 1. The van der Waals surface area contributed by atoms with E-state index in [1.165, 1.54) is 19.4 Å². The molecule has 1 rings (SSSR count). The molecule has 0 atom stereocenters. The summed E-state index contributed by atoms with van der Waals surface area (Å²) in [6.07, 6.45) is 4.57. The van der Waals surface area contributed by atoms with Crippen LogP contribution in [0.1, 0.15) is 18.9 Å². The van der Waals surface area contributed by atoms with Crippen LogP contribution >= 0.6 is 0 Å². The molecule has 0 aliphatic heterocycles. The quantitative estimate of drug-likeness (QED) is 0.780. The molecule has 16 heavy (non-hydrogen) atoms. The third kappa shape index (κ3) is 3.24. The van der Waals surface area contributed by atoms with E-state index in [9.17, 15) is 4.79 Å². The van der Waals surface area contributed by atoms with Gasteiger partial charge in [0, 0.05) is 0 Å². The van der Waals surface area contributed by atoms with Crippen LogP contribution in [0.4, 0.5) is 5.69 Å². The van der Waals surface area contributed by atoms with Crippen molar-refractivity contribution in [2.24, 2.45) is 0 Å². The molecule has 0 aliphatic carbocycles. The molecule has 0 radical (unpaired) electrons. The van der Waals surface area contributed by atoms with Crippen LogP contribution in [-0.2, 0) is 24.1 Å². The SMILES string of the molecule is CCC(=O)N(C)c1ccccc1/C=C\[CH]=[W]. The molecule has 1 aromatic rings. The molecule has 0 aromatic heterocycles. The first-order valence-electron chi connectivity index (χ1n) is 5.18. The van der Waals surface area contributed by atoms with Crippen molar-refractivity contribution in [2.45, 2.75) is 13.3 Å². The van der Waals surface area contributed by atoms with Gasteiger partial charge in [0.15, 0.2) is 0 Å². The van der Waals surface area contributed by atoms with Gasteiger partial charge in [-0.3, -0.25) is 0 Å². The van der Waals surface area contributed by atoms with Crippen molar-refractivity contribution < 1.29 is 24.1 Å². The molecule has 0 saturated carbocycles. The zero-order valence-corrected chi connectivity index (χ0v) is 12.4. The van der Waals surface area contributed by atoms with Gasteiger partial charge in [0.2, 0.25) is 0 Å². The van der Waals surface area contributed by atoms with E-state index in [1.807, 2.05) is 50.4 Å². The maximum absolute atomic E-state index is 11.6. The standard InChI is InChI=1S/C13H15NO.W/c1-4-8-11-9-6-7-10-12(11)14(3)13(15)5-2;/h1,4,6-10H,5H2,2-3H3;/b8-4-;. The first kappa shape index (κ1) is 13.1. The van der Waals surface area contributed by atoms with Gasteiger partial charge in [-0.2, -0.15) is 0 Å². The van der Waals surface area contributed by atoms with Crippen LogP contribution in [0, 0.1) is 0 Å². The number of allylic oxidation sites excluding steroid dienone is 1. The van der Waals surface area contributed by atoms with Crippen LogP contribution in [0.3, 0.4) is 0 Å². The molecule has 84 valence electrons. The molecular formula is C13H15NOW. The van der Waals surface area contributed by atoms with E-state index < -0.39 is 0 Å². The Morgan fingerprint density at radius 3 is 2.75 bits per heavy atom. The van der Waals surface area contributed by atoms with Gasteiger partial charge in [-0.15, -0.1) is 0 Å². The van der Waals surface area contributed by atoms with E-state index in [-0.39, 0.29) is 5.91 Å². The van der Waals surface area contributed by atoms with Gasteiger partial charge in [0.25, 0.3) is 0 Å². The van der Waals surface area contributed by atoms with Gasteiger partial charge in [0.1, 0.15) is 0 Å². The fourth-order valence-corrected chi connectivity index (χ4v) is 1.73. The number of hydrogen-bond donors (Lipinski definition) is 0. The van der Waals surface area contributed by atoms with Crippen LogP contribution in [0.2, 0.25) is 0 Å². The van der Waals surface area contributed by atoms with Crippen molar-refractivity contribution in [1.29, 1.82) is 0 Å². The summed E-state index contributed by atoms with van der Waals surface area (Å²) in [7, 11) is 1.82. The molecule has 0 unspecified atom stereocenters. The molecule has 0 N–H and O–H groups in total. The monoisotopic (exact) mass is 385 g/mol. The van der Waals surface area contributed by atoms with E-state index in [1.54, 1.807) is 4.90 Å². The summed E-state index contributed by atoms with van der Waals surface area (Å²) in [5.41, 5.74) is 2.03. The number of anilines is 1. The molecule has 2 nitrogen and oxygen atoms in total. The van der Waals surface area contributed by atoms with Crippen molar-refractivity contribution in [2.75, 3.05) is 11.9 Å². The Balaban J connectivity index is 3.07. The van der Waals surface area contributed by atoms with E-state index in [2.05, 4.69) is 4.40 Å². The van der Waals surface area contributed by atoms with E-state index in [0.29, 0.717) is 6.42 Å². The first-order valence-corrected chi connectivity index (χ1v) is 6.87. The maximum atomic E-state index is 11.6. The third-order valence-electron chi connectivity index (χ3n) is 2.33. The average Bonchev–Trinajstić information content (AvgIpc) is 2.34. The molecule has 1 aromatic carbocycles. The number of carbonyl (C=O) groups is 1. The van der Waals surface area contributed by atoms with Crippen molar-refractivity contribution >= 4 is 22.1 Å². The van der Waals surface area contributed by atoms with Crippen molar-refractivity contribution in [3.63, 3.8) is 0 Å². The summed E-state index contributed by atoms with van der Waals surface area (Å²) < 4.78 is 2.05. The number of carbonyl (C=O) groups excluding carboxylic acids is 1. The molecule has 1 amide bonds. The fraction of sp³-hybridized carbons (Fsp3) is 0.231. The summed E-state index contributed by atoms with van der Waals surface area (Å²) >= 11 is 1.42. The summed E-state index contributed by atoms with van der Waals surface area (Å²) in [4.78, 5) is 13.3. The summed E-state index contributed by atoms with van der Waals surface area (Å²) in [5, 5.41) is 0. The third-order valence-corrected chi connectivity index (χ3v) is 2.89. The van der Waals surface area contributed by atoms with Crippen molar-refractivity contribution in [3.8, 4) is 0 Å². The fourth-order valence-electron chi connectivity index (χ4n) is 1.45. The van der Waals surface area contributed by atoms with Crippen molar-refractivity contribution in [1.82, 2.24) is 0 Å². The van der Waals surface area contributed by atoms with Gasteiger partial charge in [0.05, 0.1) is 0 Å². The molecule has 0 bridgehead atoms. The second-order valence-electron chi connectivity index (χ2n) is 3.36. The molecule has 0 saturated heterocycles. The van der Waals surface area contributed by atoms with E-state index in [4.69, 9.17) is 0 Å². The van der Waals surface area contributed by atoms with Crippen LogP contribution in [0.25, 0.3) is 6.08 Å². The predicted octanol–water partition coefficient (Wildman–Crippen LogP) is 2.42. The minimum atomic E-state index is 0.131. The number of rotatable bonds is 4. The predicted molar refractivity (Wildman–Crippen MR) is 65.2 cm³/mol. The Kier molecular flexibility index (Phi) is 5.34. The van der Waals surface area contributed by atoms with Gasteiger partial charge >= 0.3 is 107 Å². The van der Waals surface area contributed by atoms with Crippen molar-refractivity contribution in [3.05, 3.63) is 35.9 Å². The summed E-state index contributed by atoms with van der Waals surface area (Å²) in [6, 6.07) is 7.92. The van der Waals surface area contributed by atoms with Crippen LogP contribution in [-0.4, -0.2) is 17.4 Å². The molecular weight excluding hydrogens is 370 g/mol. The number of para-hydroxylation sites is 1. The Morgan fingerprint density at radius 1 is 1.44 bits per heavy atom. The molecule has 0 spiro atoms. The summed E-state index contributed by atoms with van der Waals surface area (Å²) in [6.45, 7) is 1.88. The van der Waals surface area contributed by atoms with Crippen LogP contribution in [0.15, 0.2) is 30.3 Å². The topological polar surface area (TPSA) is 20.3 Å². The van der Waals surface area contributed by atoms with Gasteiger partial charge in [-0.25, -0.2) is 0 Å². The minimum absolute atomic E-state index is 0.131. The average molecular weight is 385 g/mol.